The van der Waals surface area contributed by atoms with E-state index in [2.05, 4.69) is 10.3 Å². The fraction of sp³-hybridized carbons (Fsp3) is 0.179. The van der Waals surface area contributed by atoms with E-state index in [-0.39, 0.29) is 28.3 Å². The average Bonchev–Trinajstić information content (AvgIpc) is 3.21. The molecule has 0 saturated carbocycles. The number of fused-ring (bicyclic) bond motifs is 6. The molecule has 1 aliphatic heterocycles. The minimum atomic E-state index is -2.17. The number of amides is 1. The number of nitrogens with two attached hydrogens (primary N) is 1. The second kappa shape index (κ2) is 7.13. The number of nitrogen functional groups attached to an aromatic ring is 1. The summed E-state index contributed by atoms with van der Waals surface area (Å²) in [5, 5.41) is 15.7. The number of nitrogens with one attached hydrogen (secondary N) is 1. The van der Waals surface area contributed by atoms with Crippen molar-refractivity contribution in [3.05, 3.63) is 101 Å². The van der Waals surface area contributed by atoms with Crippen molar-refractivity contribution in [2.45, 2.75) is 31.1 Å². The van der Waals surface area contributed by atoms with Crippen molar-refractivity contribution in [1.29, 1.82) is 0 Å². The maximum atomic E-state index is 14.1. The van der Waals surface area contributed by atoms with Crippen LogP contribution in [0.1, 0.15) is 57.2 Å². The Morgan fingerprint density at radius 1 is 1.06 bits per heavy atom. The van der Waals surface area contributed by atoms with Crippen LogP contribution in [-0.2, 0) is 11.3 Å². The third-order valence-corrected chi connectivity index (χ3v) is 7.05. The van der Waals surface area contributed by atoms with Crippen LogP contribution in [0.4, 0.5) is 5.69 Å². The highest BCUT2D eigenvalue weighted by molar-refractivity contribution is 6.17. The number of anilines is 1. The molecule has 2 atom stereocenters. The second-order valence-electron chi connectivity index (χ2n) is 9.34. The van der Waals surface area contributed by atoms with Gasteiger partial charge in [-0.25, -0.2) is 0 Å². The summed E-state index contributed by atoms with van der Waals surface area (Å²) in [6.07, 6.45) is 1.60. The molecule has 174 valence electrons. The van der Waals surface area contributed by atoms with Crippen molar-refractivity contribution in [3.63, 3.8) is 0 Å². The highest BCUT2D eigenvalue weighted by Gasteiger charge is 2.72. The second-order valence-corrected chi connectivity index (χ2v) is 9.34. The van der Waals surface area contributed by atoms with Gasteiger partial charge in [-0.2, -0.15) is 0 Å². The molecule has 7 heteroatoms. The number of pyridine rings is 1. The molecule has 0 fully saturated rings. The monoisotopic (exact) mass is 465 g/mol. The molecular formula is C28H23N3O4. The van der Waals surface area contributed by atoms with Crippen LogP contribution in [0.15, 0.2) is 72.9 Å². The zero-order valence-electron chi connectivity index (χ0n) is 19.2. The number of hydrogen-bond acceptors (Lipinski definition) is 6. The smallest absolute Gasteiger partial charge is 0.271 e. The lowest BCUT2D eigenvalue weighted by Crippen LogP contribution is -2.60. The molecule has 4 aromatic rings. The van der Waals surface area contributed by atoms with Crippen LogP contribution >= 0.6 is 0 Å². The highest BCUT2D eigenvalue weighted by Crippen LogP contribution is 2.59. The maximum absolute atomic E-state index is 14.1. The number of carbonyl (C=O) groups is 2. The molecule has 0 spiro atoms. The first-order chi connectivity index (χ1) is 16.8. The summed E-state index contributed by atoms with van der Waals surface area (Å²) >= 11 is 0. The minimum Gasteiger partial charge on any atom is -0.454 e. The largest absolute Gasteiger partial charge is 0.454 e. The number of para-hydroxylation sites is 1. The van der Waals surface area contributed by atoms with E-state index < -0.39 is 23.0 Å². The fourth-order valence-electron chi connectivity index (χ4n) is 5.27. The van der Waals surface area contributed by atoms with Crippen molar-refractivity contribution < 1.29 is 19.4 Å². The number of nitrogens with zero attached hydrogens (tertiary/aromatic N) is 1. The van der Waals surface area contributed by atoms with Crippen molar-refractivity contribution >= 4 is 28.3 Å². The summed E-state index contributed by atoms with van der Waals surface area (Å²) in [7, 11) is 0. The Morgan fingerprint density at radius 3 is 2.63 bits per heavy atom. The molecule has 2 heterocycles. The van der Waals surface area contributed by atoms with Gasteiger partial charge in [0, 0.05) is 28.4 Å². The first-order valence-electron chi connectivity index (χ1n) is 11.4. The topological polar surface area (TPSA) is 115 Å². The summed E-state index contributed by atoms with van der Waals surface area (Å²) in [5.74, 6) is -2.70. The van der Waals surface area contributed by atoms with Crippen LogP contribution in [-0.4, -0.2) is 21.8 Å². The fourth-order valence-corrected chi connectivity index (χ4v) is 5.27. The number of aromatic nitrogens is 1. The molecule has 1 amide bonds. The van der Waals surface area contributed by atoms with Crippen molar-refractivity contribution in [3.8, 4) is 5.75 Å². The number of ketones is 1. The lowest BCUT2D eigenvalue weighted by molar-refractivity contribution is -0.169. The minimum absolute atomic E-state index is 0.143. The Balaban J connectivity index is 1.57. The summed E-state index contributed by atoms with van der Waals surface area (Å²) in [4.78, 5) is 32.2. The number of carbonyl (C=O) groups excluding carboxylic acids is 2. The van der Waals surface area contributed by atoms with Crippen LogP contribution in [0, 0.1) is 0 Å². The van der Waals surface area contributed by atoms with E-state index in [0.717, 1.165) is 10.9 Å². The molecular weight excluding hydrogens is 442 g/mol. The number of aliphatic hydroxyl groups is 1. The predicted octanol–water partition coefficient (Wildman–Crippen LogP) is 4.00. The Kier molecular flexibility index (Phi) is 4.34. The zero-order chi connectivity index (χ0) is 24.5. The first-order valence-corrected chi connectivity index (χ1v) is 11.4. The number of hydrogen-bond donors (Lipinski definition) is 3. The number of benzene rings is 3. The van der Waals surface area contributed by atoms with Gasteiger partial charge in [0.2, 0.25) is 11.3 Å². The molecule has 3 aromatic carbocycles. The van der Waals surface area contributed by atoms with E-state index in [1.807, 2.05) is 38.1 Å². The molecule has 0 saturated heterocycles. The Hall–Kier alpha value is -4.23. The van der Waals surface area contributed by atoms with Gasteiger partial charge >= 0.3 is 0 Å². The van der Waals surface area contributed by atoms with E-state index in [1.54, 1.807) is 48.7 Å². The van der Waals surface area contributed by atoms with Crippen LogP contribution in [0.3, 0.4) is 0 Å². The summed E-state index contributed by atoms with van der Waals surface area (Å²) in [5.41, 5.74) is 6.97. The predicted molar refractivity (Wildman–Crippen MR) is 131 cm³/mol. The van der Waals surface area contributed by atoms with Crippen molar-refractivity contribution in [2.75, 3.05) is 5.73 Å². The van der Waals surface area contributed by atoms with Gasteiger partial charge in [0.15, 0.2) is 0 Å². The van der Waals surface area contributed by atoms with E-state index >= 15 is 0 Å². The molecule has 0 bridgehead atoms. The summed E-state index contributed by atoms with van der Waals surface area (Å²) in [6.45, 7) is 4.08. The lowest BCUT2D eigenvalue weighted by atomic mass is 9.82. The van der Waals surface area contributed by atoms with Gasteiger partial charge in [-0.1, -0.05) is 56.3 Å². The number of Topliss-reactive ketones (excluding diaryl/α,β-unsaturated/α-hetero) is 1. The van der Waals surface area contributed by atoms with Gasteiger partial charge in [-0.15, -0.1) is 0 Å². The van der Waals surface area contributed by atoms with E-state index in [0.29, 0.717) is 16.8 Å². The maximum Gasteiger partial charge on any atom is 0.271 e. The lowest BCUT2D eigenvalue weighted by Gasteiger charge is -2.34. The van der Waals surface area contributed by atoms with Crippen LogP contribution in [0.5, 0.6) is 5.75 Å². The molecule has 0 radical (unpaired) electrons. The molecule has 6 rings (SSSR count). The normalized spacial score (nSPS) is 22.0. The van der Waals surface area contributed by atoms with Gasteiger partial charge in [0.05, 0.1) is 16.6 Å². The van der Waals surface area contributed by atoms with Gasteiger partial charge in [0.25, 0.3) is 11.7 Å². The molecule has 1 aliphatic carbocycles. The van der Waals surface area contributed by atoms with Gasteiger partial charge in [-0.3, -0.25) is 14.6 Å². The van der Waals surface area contributed by atoms with Crippen LogP contribution in [0.25, 0.3) is 10.9 Å². The molecule has 2 unspecified atom stereocenters. The quantitative estimate of drug-likeness (QED) is 0.394. The Labute approximate surface area is 201 Å². The number of rotatable bonds is 3. The molecule has 2 aliphatic rings. The van der Waals surface area contributed by atoms with Crippen LogP contribution in [0.2, 0.25) is 0 Å². The number of ether oxygens (including phenoxy) is 1. The van der Waals surface area contributed by atoms with Crippen molar-refractivity contribution in [2.24, 2.45) is 0 Å². The van der Waals surface area contributed by atoms with Crippen molar-refractivity contribution in [1.82, 2.24) is 10.3 Å². The third-order valence-electron chi connectivity index (χ3n) is 7.05. The van der Waals surface area contributed by atoms with Gasteiger partial charge in [0.1, 0.15) is 5.75 Å². The zero-order valence-corrected chi connectivity index (χ0v) is 19.2. The SMILES string of the molecule is CC(C)c1ccc2c(c1)OC1(O)c3cccc(N)c3C(=O)C21NC(=O)c1cccc2cccnc12. The van der Waals surface area contributed by atoms with Gasteiger partial charge < -0.3 is 20.9 Å². The molecule has 4 N–H and O–H groups in total. The average molecular weight is 466 g/mol. The summed E-state index contributed by atoms with van der Waals surface area (Å²) < 4.78 is 6.14. The van der Waals surface area contributed by atoms with E-state index in [1.165, 1.54) is 0 Å². The van der Waals surface area contributed by atoms with Gasteiger partial charge in [-0.05, 0) is 35.7 Å². The molecule has 7 nitrogen and oxygen atoms in total. The third kappa shape index (κ3) is 2.67. The van der Waals surface area contributed by atoms with E-state index in [9.17, 15) is 14.7 Å². The molecule has 1 aromatic heterocycles. The molecule has 35 heavy (non-hydrogen) atoms. The standard InChI is InChI=1S/C28H23N3O4/c1-15(2)17-11-12-19-22(14-17)35-28(34)20-9-4-10-21(29)23(20)25(32)27(19,28)31-26(33)18-8-3-6-16-7-5-13-30-24(16)18/h3-15,34H,29H2,1-2H3,(H,31,33). The Bertz CT molecular complexity index is 1560. The first kappa shape index (κ1) is 21.3. The highest BCUT2D eigenvalue weighted by atomic mass is 16.6. The van der Waals surface area contributed by atoms with Crippen LogP contribution < -0.4 is 15.8 Å². The Morgan fingerprint density at radius 2 is 1.83 bits per heavy atom. The summed E-state index contributed by atoms with van der Waals surface area (Å²) in [6, 6.07) is 19.2. The van der Waals surface area contributed by atoms with E-state index in [4.69, 9.17) is 10.5 Å².